The molecule has 3 aliphatic rings. The second-order valence-electron chi connectivity index (χ2n) is 6.97. The van der Waals surface area contributed by atoms with Crippen molar-refractivity contribution in [3.8, 4) is 0 Å². The number of nitrogens with zero attached hydrogens (tertiary/aromatic N) is 1. The van der Waals surface area contributed by atoms with Gasteiger partial charge in [-0.1, -0.05) is 25.7 Å². The molecule has 1 saturated heterocycles. The summed E-state index contributed by atoms with van der Waals surface area (Å²) in [6.07, 6.45) is 10.9. The number of ether oxygens (including phenoxy) is 1. The molecular formula is C17H30N2O2. The fourth-order valence-corrected chi connectivity index (χ4v) is 4.53. The zero-order valence-corrected chi connectivity index (χ0v) is 13.4. The molecule has 2 saturated carbocycles. The molecule has 3 fully saturated rings. The van der Waals surface area contributed by atoms with Crippen molar-refractivity contribution in [1.82, 2.24) is 10.2 Å². The molecule has 1 unspecified atom stereocenters. The topological polar surface area (TPSA) is 41.6 Å². The van der Waals surface area contributed by atoms with Crippen LogP contribution in [0.25, 0.3) is 0 Å². The first-order valence-electron chi connectivity index (χ1n) is 8.93. The van der Waals surface area contributed by atoms with Gasteiger partial charge in [0.1, 0.15) is 0 Å². The highest BCUT2D eigenvalue weighted by Gasteiger charge is 2.53. The molecule has 4 nitrogen and oxygen atoms in total. The van der Waals surface area contributed by atoms with Gasteiger partial charge in [0.05, 0.1) is 11.7 Å². The van der Waals surface area contributed by atoms with Crippen molar-refractivity contribution >= 4 is 5.91 Å². The molecule has 0 aromatic heterocycles. The van der Waals surface area contributed by atoms with Crippen molar-refractivity contribution in [2.24, 2.45) is 5.92 Å². The summed E-state index contributed by atoms with van der Waals surface area (Å²) < 4.78 is 5.45. The van der Waals surface area contributed by atoms with Crippen LogP contribution in [0.3, 0.4) is 0 Å². The zero-order chi connectivity index (χ0) is 14.7. The van der Waals surface area contributed by atoms with Crippen molar-refractivity contribution in [3.05, 3.63) is 0 Å². The normalized spacial score (nSPS) is 29.1. The third-order valence-electron chi connectivity index (χ3n) is 5.63. The Balaban J connectivity index is 1.67. The molecule has 1 spiro atoms. The molecule has 1 N–H and O–H groups in total. The predicted molar refractivity (Wildman–Crippen MR) is 82.9 cm³/mol. The van der Waals surface area contributed by atoms with Gasteiger partial charge >= 0.3 is 0 Å². The van der Waals surface area contributed by atoms with E-state index in [2.05, 4.69) is 10.2 Å². The molecule has 0 radical (unpaired) electrons. The van der Waals surface area contributed by atoms with Crippen LogP contribution in [0.15, 0.2) is 0 Å². The van der Waals surface area contributed by atoms with Gasteiger partial charge in [-0.05, 0) is 44.9 Å². The largest absolute Gasteiger partial charge is 0.382 e. The van der Waals surface area contributed by atoms with Crippen LogP contribution in [-0.4, -0.2) is 42.3 Å². The molecule has 120 valence electrons. The Hall–Kier alpha value is -0.610. The van der Waals surface area contributed by atoms with Crippen LogP contribution in [0.2, 0.25) is 0 Å². The summed E-state index contributed by atoms with van der Waals surface area (Å²) in [7, 11) is 0. The van der Waals surface area contributed by atoms with E-state index in [4.69, 9.17) is 4.74 Å². The Bertz CT molecular complexity index is 360. The quantitative estimate of drug-likeness (QED) is 0.766. The summed E-state index contributed by atoms with van der Waals surface area (Å²) in [6.45, 7) is 4.42. The Kier molecular flexibility index (Phi) is 4.85. The van der Waals surface area contributed by atoms with Gasteiger partial charge in [-0.25, -0.2) is 0 Å². The van der Waals surface area contributed by atoms with Crippen molar-refractivity contribution < 1.29 is 9.53 Å². The minimum atomic E-state index is -0.209. The molecule has 3 rings (SSSR count). The van der Waals surface area contributed by atoms with Crippen LogP contribution in [0, 0.1) is 5.92 Å². The number of nitrogens with one attached hydrogen (secondary N) is 1. The van der Waals surface area contributed by atoms with E-state index in [1.54, 1.807) is 0 Å². The molecule has 21 heavy (non-hydrogen) atoms. The minimum Gasteiger partial charge on any atom is -0.382 e. The van der Waals surface area contributed by atoms with Crippen molar-refractivity contribution in [1.29, 1.82) is 0 Å². The zero-order valence-electron chi connectivity index (χ0n) is 13.4. The molecule has 1 amide bonds. The summed E-state index contributed by atoms with van der Waals surface area (Å²) in [5, 5.41) is 3.78. The van der Waals surface area contributed by atoms with E-state index in [0.29, 0.717) is 18.0 Å². The minimum absolute atomic E-state index is 0.209. The lowest BCUT2D eigenvalue weighted by Crippen LogP contribution is -2.46. The van der Waals surface area contributed by atoms with E-state index in [-0.39, 0.29) is 5.54 Å². The fourth-order valence-electron chi connectivity index (χ4n) is 4.53. The first kappa shape index (κ1) is 15.3. The smallest absolute Gasteiger partial charge is 0.244 e. The summed E-state index contributed by atoms with van der Waals surface area (Å²) in [6, 6.07) is 0. The highest BCUT2D eigenvalue weighted by atomic mass is 16.5. The van der Waals surface area contributed by atoms with Gasteiger partial charge in [0.2, 0.25) is 5.91 Å². The number of hydrogen-bond donors (Lipinski definition) is 1. The van der Waals surface area contributed by atoms with E-state index in [9.17, 15) is 4.79 Å². The van der Waals surface area contributed by atoms with Gasteiger partial charge in [0, 0.05) is 19.8 Å². The lowest BCUT2D eigenvalue weighted by atomic mass is 9.97. The summed E-state index contributed by atoms with van der Waals surface area (Å²) >= 11 is 0. The Labute approximate surface area is 128 Å². The molecular weight excluding hydrogens is 264 g/mol. The first-order chi connectivity index (χ1) is 10.3. The first-order valence-corrected chi connectivity index (χ1v) is 8.93. The van der Waals surface area contributed by atoms with Crippen LogP contribution < -0.4 is 5.32 Å². The third-order valence-corrected chi connectivity index (χ3v) is 5.63. The van der Waals surface area contributed by atoms with E-state index >= 15 is 0 Å². The van der Waals surface area contributed by atoms with Crippen LogP contribution in [0.4, 0.5) is 0 Å². The standard InChI is InChI=1S/C17H30N2O2/c1-2-21-13-7-12-19-15(14-8-3-4-9-14)18-17(16(19)20)10-5-6-11-17/h14-15,18H,2-13H2,1H3. The highest BCUT2D eigenvalue weighted by molar-refractivity contribution is 5.89. The van der Waals surface area contributed by atoms with Crippen molar-refractivity contribution in [3.63, 3.8) is 0 Å². The van der Waals surface area contributed by atoms with Gasteiger partial charge in [-0.15, -0.1) is 0 Å². The molecule has 4 heteroatoms. The van der Waals surface area contributed by atoms with Gasteiger partial charge in [-0.3, -0.25) is 10.1 Å². The molecule has 0 aromatic carbocycles. The van der Waals surface area contributed by atoms with Gasteiger partial charge in [0.15, 0.2) is 0 Å². The molecule has 1 aliphatic heterocycles. The number of carbonyl (C=O) groups excluding carboxylic acids is 1. The summed E-state index contributed by atoms with van der Waals surface area (Å²) in [5.74, 6) is 1.05. The van der Waals surface area contributed by atoms with Crippen LogP contribution in [-0.2, 0) is 9.53 Å². The van der Waals surface area contributed by atoms with Gasteiger partial charge in [-0.2, -0.15) is 0 Å². The van der Waals surface area contributed by atoms with Crippen LogP contribution in [0.1, 0.15) is 64.7 Å². The SMILES string of the molecule is CCOCCCN1C(=O)C2(CCCC2)NC1C1CCCC1. The maximum Gasteiger partial charge on any atom is 0.244 e. The number of amides is 1. The van der Waals surface area contributed by atoms with Crippen molar-refractivity contribution in [2.75, 3.05) is 19.8 Å². The lowest BCUT2D eigenvalue weighted by Gasteiger charge is -2.29. The van der Waals surface area contributed by atoms with Crippen LogP contribution in [0.5, 0.6) is 0 Å². The highest BCUT2D eigenvalue weighted by Crippen LogP contribution is 2.41. The number of carbonyl (C=O) groups is 1. The van der Waals surface area contributed by atoms with E-state index in [1.807, 2.05) is 6.92 Å². The molecule has 1 heterocycles. The Morgan fingerprint density at radius 1 is 1.24 bits per heavy atom. The van der Waals surface area contributed by atoms with Gasteiger partial charge in [0.25, 0.3) is 0 Å². The fraction of sp³-hybridized carbons (Fsp3) is 0.941. The average Bonchev–Trinajstić information content (AvgIpc) is 3.21. The second-order valence-corrected chi connectivity index (χ2v) is 6.97. The van der Waals surface area contributed by atoms with Gasteiger partial charge < -0.3 is 9.64 Å². The summed E-state index contributed by atoms with van der Waals surface area (Å²) in [5.41, 5.74) is -0.209. The maximum atomic E-state index is 13.0. The average molecular weight is 294 g/mol. The van der Waals surface area contributed by atoms with E-state index in [0.717, 1.165) is 39.0 Å². The molecule has 1 atom stereocenters. The lowest BCUT2D eigenvalue weighted by molar-refractivity contribution is -0.133. The predicted octanol–water partition coefficient (Wildman–Crippen LogP) is 2.67. The second kappa shape index (κ2) is 6.66. The Morgan fingerprint density at radius 3 is 2.62 bits per heavy atom. The van der Waals surface area contributed by atoms with Crippen LogP contribution >= 0.6 is 0 Å². The van der Waals surface area contributed by atoms with E-state index in [1.165, 1.54) is 38.5 Å². The van der Waals surface area contributed by atoms with Crippen molar-refractivity contribution in [2.45, 2.75) is 76.4 Å². The Morgan fingerprint density at radius 2 is 1.95 bits per heavy atom. The number of rotatable bonds is 6. The molecule has 0 bridgehead atoms. The van der Waals surface area contributed by atoms with E-state index < -0.39 is 0 Å². The maximum absolute atomic E-state index is 13.0. The third kappa shape index (κ3) is 2.98. The number of hydrogen-bond acceptors (Lipinski definition) is 3. The summed E-state index contributed by atoms with van der Waals surface area (Å²) in [4.78, 5) is 15.2. The monoisotopic (exact) mass is 294 g/mol. The molecule has 2 aliphatic carbocycles. The molecule has 0 aromatic rings.